The lowest BCUT2D eigenvalue weighted by Crippen LogP contribution is -2.38. The highest BCUT2D eigenvalue weighted by Crippen LogP contribution is 2.30. The summed E-state index contributed by atoms with van der Waals surface area (Å²) in [5, 5.41) is 3.08. The molecule has 5 heteroatoms. The molecule has 4 nitrogen and oxygen atoms in total. The minimum Gasteiger partial charge on any atom is -0.347 e. The quantitative estimate of drug-likeness (QED) is 0.943. The number of nitrogens with zero attached hydrogens (tertiary/aromatic N) is 2. The molecular weight excluding hydrogens is 269 g/mol. The third kappa shape index (κ3) is 2.82. The van der Waals surface area contributed by atoms with Crippen molar-refractivity contribution < 1.29 is 9.18 Å². The molecule has 0 bridgehead atoms. The first-order valence-corrected chi connectivity index (χ1v) is 7.19. The number of nitrogens with one attached hydrogen (secondary N) is 1. The van der Waals surface area contributed by atoms with Gasteiger partial charge < -0.3 is 9.88 Å². The van der Waals surface area contributed by atoms with Crippen LogP contribution in [0.4, 0.5) is 4.39 Å². The number of imidazole rings is 1. The van der Waals surface area contributed by atoms with Gasteiger partial charge in [-0.25, -0.2) is 9.37 Å². The van der Waals surface area contributed by atoms with Crippen molar-refractivity contribution in [2.24, 2.45) is 0 Å². The second-order valence-corrected chi connectivity index (χ2v) is 5.55. The van der Waals surface area contributed by atoms with Gasteiger partial charge in [0.05, 0.1) is 12.4 Å². The highest BCUT2D eigenvalue weighted by atomic mass is 19.1. The molecule has 0 spiro atoms. The topological polar surface area (TPSA) is 46.9 Å². The second kappa shape index (κ2) is 5.68. The maximum atomic E-state index is 13.1. The highest BCUT2D eigenvalue weighted by molar-refractivity contribution is 5.95. The van der Waals surface area contributed by atoms with E-state index in [0.29, 0.717) is 11.1 Å². The molecule has 2 unspecified atom stereocenters. The van der Waals surface area contributed by atoms with E-state index in [1.54, 1.807) is 25.5 Å². The average molecular weight is 287 g/mol. The summed E-state index contributed by atoms with van der Waals surface area (Å²) < 4.78 is 15.2. The summed E-state index contributed by atoms with van der Waals surface area (Å²) in [6.45, 7) is 1.75. The number of halogens is 1. The molecular formula is C16H18FN3O. The fourth-order valence-corrected chi connectivity index (χ4v) is 3.06. The summed E-state index contributed by atoms with van der Waals surface area (Å²) >= 11 is 0. The maximum Gasteiger partial charge on any atom is 0.251 e. The highest BCUT2D eigenvalue weighted by Gasteiger charge is 2.30. The average Bonchev–Trinajstić information content (AvgIpc) is 3.08. The third-order valence-electron chi connectivity index (χ3n) is 4.14. The first-order valence-electron chi connectivity index (χ1n) is 7.19. The van der Waals surface area contributed by atoms with Gasteiger partial charge in [-0.1, -0.05) is 0 Å². The van der Waals surface area contributed by atoms with E-state index in [2.05, 4.69) is 14.9 Å². The van der Waals surface area contributed by atoms with Gasteiger partial charge in [-0.15, -0.1) is 0 Å². The van der Waals surface area contributed by atoms with Crippen molar-refractivity contribution in [3.8, 4) is 0 Å². The molecule has 1 N–H and O–H groups in total. The molecule has 2 aromatic rings. The Labute approximate surface area is 123 Å². The molecule has 1 aromatic heterocycles. The van der Waals surface area contributed by atoms with Crippen LogP contribution in [0.25, 0.3) is 0 Å². The first-order chi connectivity index (χ1) is 10.1. The Morgan fingerprint density at radius 3 is 3.00 bits per heavy atom. The van der Waals surface area contributed by atoms with Gasteiger partial charge in [0, 0.05) is 24.0 Å². The van der Waals surface area contributed by atoms with Crippen LogP contribution in [0.15, 0.2) is 36.9 Å². The van der Waals surface area contributed by atoms with Crippen LogP contribution in [0.2, 0.25) is 0 Å². The van der Waals surface area contributed by atoms with Gasteiger partial charge in [0.15, 0.2) is 0 Å². The normalized spacial score (nSPS) is 21.4. The van der Waals surface area contributed by atoms with E-state index in [0.717, 1.165) is 19.3 Å². The zero-order chi connectivity index (χ0) is 14.8. The zero-order valence-corrected chi connectivity index (χ0v) is 11.9. The van der Waals surface area contributed by atoms with Crippen molar-refractivity contribution in [3.63, 3.8) is 0 Å². The molecule has 3 rings (SSSR count). The molecule has 1 amide bonds. The van der Waals surface area contributed by atoms with Crippen molar-refractivity contribution in [1.29, 1.82) is 0 Å². The van der Waals surface area contributed by atoms with Crippen LogP contribution in [0.5, 0.6) is 0 Å². The molecule has 0 radical (unpaired) electrons. The lowest BCUT2D eigenvalue weighted by Gasteiger charge is -2.22. The van der Waals surface area contributed by atoms with Gasteiger partial charge in [0.1, 0.15) is 5.82 Å². The fraction of sp³-hybridized carbons (Fsp3) is 0.375. The van der Waals surface area contributed by atoms with Gasteiger partial charge in [-0.2, -0.15) is 0 Å². The Bertz CT molecular complexity index is 639. The van der Waals surface area contributed by atoms with Crippen molar-refractivity contribution in [1.82, 2.24) is 14.9 Å². The summed E-state index contributed by atoms with van der Waals surface area (Å²) in [5.74, 6) is -0.453. The van der Waals surface area contributed by atoms with Crippen LogP contribution in [-0.4, -0.2) is 21.5 Å². The summed E-state index contributed by atoms with van der Waals surface area (Å²) in [5.41, 5.74) is 1.19. The predicted octanol–water partition coefficient (Wildman–Crippen LogP) is 2.85. The standard InChI is InChI=1S/C16H18FN3O/c1-11-9-12(17)5-6-13(11)16(21)19-14-3-2-4-15(14)20-8-7-18-10-20/h5-10,14-15H,2-4H2,1H3,(H,19,21). The summed E-state index contributed by atoms with van der Waals surface area (Å²) in [4.78, 5) is 16.5. The number of aryl methyl sites for hydroxylation is 1. The molecule has 1 aliphatic rings. The second-order valence-electron chi connectivity index (χ2n) is 5.55. The van der Waals surface area contributed by atoms with Crippen molar-refractivity contribution in [2.45, 2.75) is 38.3 Å². The lowest BCUT2D eigenvalue weighted by molar-refractivity contribution is 0.0928. The Morgan fingerprint density at radius 2 is 2.29 bits per heavy atom. The number of rotatable bonds is 3. The van der Waals surface area contributed by atoms with E-state index in [1.165, 1.54) is 12.1 Å². The summed E-state index contributed by atoms with van der Waals surface area (Å²) in [6, 6.07) is 4.59. The number of amides is 1. The van der Waals surface area contributed by atoms with E-state index < -0.39 is 0 Å². The smallest absolute Gasteiger partial charge is 0.251 e. The van der Waals surface area contributed by atoms with Gasteiger partial charge in [-0.05, 0) is 49.9 Å². The van der Waals surface area contributed by atoms with E-state index in [4.69, 9.17) is 0 Å². The molecule has 110 valence electrons. The number of hydrogen-bond acceptors (Lipinski definition) is 2. The van der Waals surface area contributed by atoms with Gasteiger partial charge in [-0.3, -0.25) is 4.79 Å². The van der Waals surface area contributed by atoms with Gasteiger partial charge in [0.2, 0.25) is 0 Å². The minimum absolute atomic E-state index is 0.0937. The maximum absolute atomic E-state index is 13.1. The molecule has 1 fully saturated rings. The number of carbonyl (C=O) groups excluding carboxylic acids is 1. The Morgan fingerprint density at radius 1 is 1.43 bits per heavy atom. The molecule has 1 heterocycles. The number of hydrogen-bond donors (Lipinski definition) is 1. The Kier molecular flexibility index (Phi) is 3.73. The fourth-order valence-electron chi connectivity index (χ4n) is 3.06. The first kappa shape index (κ1) is 13.8. The zero-order valence-electron chi connectivity index (χ0n) is 11.9. The van der Waals surface area contributed by atoms with Crippen molar-refractivity contribution in [2.75, 3.05) is 0 Å². The summed E-state index contributed by atoms with van der Waals surface area (Å²) in [6.07, 6.45) is 8.53. The van der Waals surface area contributed by atoms with Crippen LogP contribution in [0, 0.1) is 12.7 Å². The third-order valence-corrected chi connectivity index (χ3v) is 4.14. The van der Waals surface area contributed by atoms with Crippen molar-refractivity contribution in [3.05, 3.63) is 53.9 Å². The van der Waals surface area contributed by atoms with Gasteiger partial charge in [0.25, 0.3) is 5.91 Å². The molecule has 2 atom stereocenters. The largest absolute Gasteiger partial charge is 0.347 e. The monoisotopic (exact) mass is 287 g/mol. The molecule has 1 aromatic carbocycles. The predicted molar refractivity (Wildman–Crippen MR) is 77.5 cm³/mol. The number of benzene rings is 1. The van der Waals surface area contributed by atoms with Crippen LogP contribution in [0.3, 0.4) is 0 Å². The summed E-state index contributed by atoms with van der Waals surface area (Å²) in [7, 11) is 0. The van der Waals surface area contributed by atoms with Crippen LogP contribution in [-0.2, 0) is 0 Å². The Balaban J connectivity index is 1.75. The van der Waals surface area contributed by atoms with E-state index in [1.807, 2.05) is 6.20 Å². The van der Waals surface area contributed by atoms with E-state index in [-0.39, 0.29) is 23.8 Å². The number of aromatic nitrogens is 2. The molecule has 21 heavy (non-hydrogen) atoms. The van der Waals surface area contributed by atoms with Crippen LogP contribution in [0.1, 0.15) is 41.2 Å². The molecule has 0 saturated heterocycles. The lowest BCUT2D eigenvalue weighted by atomic mass is 10.1. The van der Waals surface area contributed by atoms with E-state index >= 15 is 0 Å². The molecule has 0 aliphatic heterocycles. The molecule has 1 saturated carbocycles. The van der Waals surface area contributed by atoms with Gasteiger partial charge >= 0.3 is 0 Å². The minimum atomic E-state index is -0.318. The number of carbonyl (C=O) groups is 1. The van der Waals surface area contributed by atoms with E-state index in [9.17, 15) is 9.18 Å². The SMILES string of the molecule is Cc1cc(F)ccc1C(=O)NC1CCCC1n1ccnc1. The molecule has 1 aliphatic carbocycles. The van der Waals surface area contributed by atoms with Crippen LogP contribution >= 0.6 is 0 Å². The van der Waals surface area contributed by atoms with Crippen LogP contribution < -0.4 is 5.32 Å². The van der Waals surface area contributed by atoms with Crippen molar-refractivity contribution >= 4 is 5.91 Å². The Hall–Kier alpha value is -2.17.